The number of aryl methyl sites for hydroxylation is 2. The van der Waals surface area contributed by atoms with Crippen molar-refractivity contribution in [3.63, 3.8) is 0 Å². The summed E-state index contributed by atoms with van der Waals surface area (Å²) in [5.41, 5.74) is 5.58. The fourth-order valence-corrected chi connectivity index (χ4v) is 5.32. The Bertz CT molecular complexity index is 1870. The average molecular weight is 648 g/mol. The predicted molar refractivity (Wildman–Crippen MR) is 178 cm³/mol. The van der Waals surface area contributed by atoms with Gasteiger partial charge in [-0.25, -0.2) is 0 Å². The molecule has 1 N–H and O–H groups in total. The fourth-order valence-electron chi connectivity index (χ4n) is 4.74. The van der Waals surface area contributed by atoms with Gasteiger partial charge in [0, 0.05) is 11.3 Å². The molecule has 44 heavy (non-hydrogen) atoms. The van der Waals surface area contributed by atoms with Crippen LogP contribution >= 0.6 is 15.9 Å². The highest BCUT2D eigenvalue weighted by Gasteiger charge is 2.16. The van der Waals surface area contributed by atoms with E-state index < -0.39 is 5.91 Å². The third-order valence-electron chi connectivity index (χ3n) is 7.20. The number of nitriles is 1. The van der Waals surface area contributed by atoms with E-state index >= 15 is 0 Å². The van der Waals surface area contributed by atoms with Crippen LogP contribution in [-0.4, -0.2) is 13.0 Å². The van der Waals surface area contributed by atoms with Crippen LogP contribution in [0.15, 0.2) is 107 Å². The number of anilines is 1. The molecule has 5 rings (SSSR count). The van der Waals surface area contributed by atoms with Crippen LogP contribution in [0.5, 0.6) is 17.2 Å². The van der Waals surface area contributed by atoms with Crippen LogP contribution in [0.1, 0.15) is 27.8 Å². The van der Waals surface area contributed by atoms with Crippen molar-refractivity contribution in [1.29, 1.82) is 5.26 Å². The molecule has 5 aromatic rings. The van der Waals surface area contributed by atoms with Crippen molar-refractivity contribution in [1.82, 2.24) is 0 Å². The molecule has 7 heteroatoms. The van der Waals surface area contributed by atoms with Crippen LogP contribution < -0.4 is 19.5 Å². The van der Waals surface area contributed by atoms with Gasteiger partial charge >= 0.3 is 0 Å². The Hall–Kier alpha value is -5.06. The molecular weight excluding hydrogens is 616 g/mol. The summed E-state index contributed by atoms with van der Waals surface area (Å²) in [5, 5.41) is 14.8. The quantitative estimate of drug-likeness (QED) is 0.121. The zero-order chi connectivity index (χ0) is 31.1. The lowest BCUT2D eigenvalue weighted by Gasteiger charge is -2.16. The molecule has 0 radical (unpaired) electrons. The number of fused-ring (bicyclic) bond motifs is 1. The molecule has 0 atom stereocenters. The van der Waals surface area contributed by atoms with Gasteiger partial charge in [0.05, 0.1) is 11.6 Å². The number of carbonyl (C=O) groups excluding carboxylic acids is 1. The summed E-state index contributed by atoms with van der Waals surface area (Å²) in [6.07, 6.45) is 1.51. The van der Waals surface area contributed by atoms with Crippen LogP contribution in [0.4, 0.5) is 5.69 Å². The smallest absolute Gasteiger partial charge is 0.266 e. The van der Waals surface area contributed by atoms with Crippen molar-refractivity contribution < 1.29 is 19.0 Å². The van der Waals surface area contributed by atoms with E-state index in [-0.39, 0.29) is 5.57 Å². The monoisotopic (exact) mass is 646 g/mol. The molecule has 0 heterocycles. The van der Waals surface area contributed by atoms with Crippen LogP contribution in [0, 0.1) is 25.2 Å². The number of benzene rings is 5. The molecule has 0 saturated carbocycles. The lowest BCUT2D eigenvalue weighted by molar-refractivity contribution is -0.112. The molecule has 0 bridgehead atoms. The molecule has 0 aromatic heterocycles. The maximum absolute atomic E-state index is 13.0. The Kier molecular flexibility index (Phi) is 9.63. The van der Waals surface area contributed by atoms with E-state index in [0.717, 1.165) is 27.5 Å². The van der Waals surface area contributed by atoms with Gasteiger partial charge in [-0.2, -0.15) is 5.26 Å². The molecule has 5 aromatic carbocycles. The van der Waals surface area contributed by atoms with Gasteiger partial charge in [0.2, 0.25) is 0 Å². The van der Waals surface area contributed by atoms with Crippen molar-refractivity contribution >= 4 is 44.4 Å². The van der Waals surface area contributed by atoms with E-state index in [4.69, 9.17) is 14.2 Å². The molecule has 1 amide bonds. The highest BCUT2D eigenvalue weighted by atomic mass is 79.9. The molecule has 6 nitrogen and oxygen atoms in total. The zero-order valence-electron chi connectivity index (χ0n) is 24.7. The van der Waals surface area contributed by atoms with Crippen LogP contribution in [-0.2, 0) is 18.0 Å². The van der Waals surface area contributed by atoms with Crippen molar-refractivity contribution in [2.45, 2.75) is 27.1 Å². The summed E-state index contributed by atoms with van der Waals surface area (Å²) >= 11 is 3.59. The topological polar surface area (TPSA) is 80.6 Å². The Morgan fingerprint density at radius 3 is 2.39 bits per heavy atom. The number of amides is 1. The first-order valence-corrected chi connectivity index (χ1v) is 14.8. The van der Waals surface area contributed by atoms with E-state index in [0.29, 0.717) is 46.2 Å². The minimum absolute atomic E-state index is 0.0568. The lowest BCUT2D eigenvalue weighted by atomic mass is 10.0. The number of nitrogens with zero attached hydrogens (tertiary/aromatic N) is 1. The van der Waals surface area contributed by atoms with Crippen molar-refractivity contribution in [3.05, 3.63) is 135 Å². The average Bonchev–Trinajstić information content (AvgIpc) is 3.04. The Morgan fingerprint density at radius 1 is 0.909 bits per heavy atom. The fraction of sp³-hybridized carbons (Fsp3) is 0.135. The number of halogens is 1. The zero-order valence-corrected chi connectivity index (χ0v) is 26.3. The van der Waals surface area contributed by atoms with Crippen molar-refractivity contribution in [2.24, 2.45) is 0 Å². The summed E-state index contributed by atoms with van der Waals surface area (Å²) in [6, 6.07) is 33.1. The van der Waals surface area contributed by atoms with Crippen molar-refractivity contribution in [2.75, 3.05) is 12.4 Å². The van der Waals surface area contributed by atoms with Gasteiger partial charge in [-0.15, -0.1) is 0 Å². The highest BCUT2D eigenvalue weighted by Crippen LogP contribution is 2.38. The number of methoxy groups -OCH3 is 1. The number of hydrogen-bond donors (Lipinski definition) is 1. The van der Waals surface area contributed by atoms with Crippen LogP contribution in [0.3, 0.4) is 0 Å². The molecule has 0 spiro atoms. The maximum atomic E-state index is 13.0. The molecule has 220 valence electrons. The molecule has 0 saturated heterocycles. The lowest BCUT2D eigenvalue weighted by Crippen LogP contribution is -2.13. The molecule has 0 aliphatic carbocycles. The number of nitrogens with one attached hydrogen (secondary N) is 1. The third kappa shape index (κ3) is 7.28. The van der Waals surface area contributed by atoms with Gasteiger partial charge in [0.25, 0.3) is 5.91 Å². The first-order valence-electron chi connectivity index (χ1n) is 14.0. The van der Waals surface area contributed by atoms with Gasteiger partial charge in [-0.05, 0) is 99.7 Å². The van der Waals surface area contributed by atoms with Gasteiger partial charge < -0.3 is 19.5 Å². The predicted octanol–water partition coefficient (Wildman–Crippen LogP) is 8.93. The van der Waals surface area contributed by atoms with E-state index in [1.54, 1.807) is 43.5 Å². The molecule has 0 unspecified atom stereocenters. The Labute approximate surface area is 265 Å². The summed E-state index contributed by atoms with van der Waals surface area (Å²) in [4.78, 5) is 13.0. The summed E-state index contributed by atoms with van der Waals surface area (Å²) in [5.74, 6) is 1.16. The Morgan fingerprint density at radius 2 is 1.66 bits per heavy atom. The van der Waals surface area contributed by atoms with E-state index in [9.17, 15) is 10.1 Å². The molecule has 0 aliphatic rings. The summed E-state index contributed by atoms with van der Waals surface area (Å²) < 4.78 is 18.4. The molecule has 0 aliphatic heterocycles. The third-order valence-corrected chi connectivity index (χ3v) is 7.79. The minimum Gasteiger partial charge on any atom is -0.493 e. The number of carbonyl (C=O) groups is 1. The second-order valence-corrected chi connectivity index (χ2v) is 11.2. The second-order valence-electron chi connectivity index (χ2n) is 10.3. The van der Waals surface area contributed by atoms with Crippen molar-refractivity contribution in [3.8, 4) is 23.3 Å². The Balaban J connectivity index is 1.27. The van der Waals surface area contributed by atoms with Gasteiger partial charge in [-0.1, -0.05) is 66.2 Å². The normalized spacial score (nSPS) is 11.1. The highest BCUT2D eigenvalue weighted by molar-refractivity contribution is 9.10. The standard InChI is InChI=1S/C37H31BrN2O4/c1-24-8-11-26(12-9-24)22-43-31-16-14-30(15-17-31)40-37(41)29(21-39)18-27-19-34(38)36(35(20-27)42-3)44-23-33-25(2)10-13-28-6-4-5-7-32(28)33/h4-20H,22-23H2,1-3H3,(H,40,41)/b29-18+. The van der Waals surface area contributed by atoms with E-state index in [1.807, 2.05) is 49.4 Å². The van der Waals surface area contributed by atoms with E-state index in [2.05, 4.69) is 52.4 Å². The largest absolute Gasteiger partial charge is 0.493 e. The van der Waals surface area contributed by atoms with Crippen LogP contribution in [0.25, 0.3) is 16.8 Å². The number of ether oxygens (including phenoxy) is 3. The van der Waals surface area contributed by atoms with Crippen LogP contribution in [0.2, 0.25) is 0 Å². The van der Waals surface area contributed by atoms with Gasteiger partial charge in [-0.3, -0.25) is 4.79 Å². The van der Waals surface area contributed by atoms with Gasteiger partial charge in [0.1, 0.15) is 30.6 Å². The second kappa shape index (κ2) is 13.9. The first-order chi connectivity index (χ1) is 21.3. The van der Waals surface area contributed by atoms with E-state index in [1.165, 1.54) is 11.6 Å². The SMILES string of the molecule is COc1cc(/C=C(\C#N)C(=O)Nc2ccc(OCc3ccc(C)cc3)cc2)cc(Br)c1OCc1c(C)ccc2ccccc12. The maximum Gasteiger partial charge on any atom is 0.266 e. The summed E-state index contributed by atoms with van der Waals surface area (Å²) in [6.45, 7) is 4.90. The summed E-state index contributed by atoms with van der Waals surface area (Å²) in [7, 11) is 1.55. The number of hydrogen-bond acceptors (Lipinski definition) is 5. The molecular formula is C37H31BrN2O4. The van der Waals surface area contributed by atoms with Gasteiger partial charge in [0.15, 0.2) is 11.5 Å². The molecule has 0 fully saturated rings. The minimum atomic E-state index is -0.525. The number of rotatable bonds is 10. The first kappa shape index (κ1) is 30.4.